The third kappa shape index (κ3) is 9.28. The Hall–Kier alpha value is -0.720. The van der Waals surface area contributed by atoms with Crippen molar-refractivity contribution in [1.29, 1.82) is 0 Å². The molecule has 0 aromatic carbocycles. The van der Waals surface area contributed by atoms with Gasteiger partial charge in [0.05, 0.1) is 0 Å². The molecular formula is C9H16O2. The minimum absolute atomic E-state index is 0.160. The minimum Gasteiger partial charge on any atom is -0.467 e. The topological polar surface area (TPSA) is 18.5 Å². The molecule has 0 N–H and O–H groups in total. The zero-order chi connectivity index (χ0) is 8.74. The van der Waals surface area contributed by atoms with E-state index < -0.39 is 0 Å². The van der Waals surface area contributed by atoms with Crippen LogP contribution in [0.5, 0.6) is 0 Å². The Labute approximate surface area is 68.5 Å². The molecule has 0 radical (unpaired) electrons. The molecule has 0 heterocycles. The fourth-order valence-corrected chi connectivity index (χ4v) is 0.434. The number of allylic oxidation sites excluding steroid dienone is 1. The first-order valence-corrected chi connectivity index (χ1v) is 3.59. The van der Waals surface area contributed by atoms with Crippen LogP contribution >= 0.6 is 0 Å². The first-order valence-electron chi connectivity index (χ1n) is 3.59. The molecule has 0 aliphatic carbocycles. The van der Waals surface area contributed by atoms with E-state index in [0.29, 0.717) is 0 Å². The van der Waals surface area contributed by atoms with Gasteiger partial charge in [0.2, 0.25) is 0 Å². The molecule has 0 aliphatic heterocycles. The summed E-state index contributed by atoms with van der Waals surface area (Å²) in [7, 11) is 1.58. The molecule has 0 spiro atoms. The molecule has 0 saturated carbocycles. The van der Waals surface area contributed by atoms with Gasteiger partial charge in [0.25, 0.3) is 0 Å². The molecule has 2 heteroatoms. The van der Waals surface area contributed by atoms with Gasteiger partial charge < -0.3 is 9.47 Å². The Balaban J connectivity index is 3.64. The third-order valence-electron chi connectivity index (χ3n) is 0.854. The normalized spacial score (nSPS) is 10.2. The van der Waals surface area contributed by atoms with E-state index in [-0.39, 0.29) is 12.2 Å². The second-order valence-corrected chi connectivity index (χ2v) is 3.37. The fraction of sp³-hybridized carbons (Fsp3) is 0.667. The maximum Gasteiger partial charge on any atom is 0.188 e. The van der Waals surface area contributed by atoms with Crippen LogP contribution in [-0.2, 0) is 9.47 Å². The van der Waals surface area contributed by atoms with E-state index in [1.54, 1.807) is 7.11 Å². The molecule has 0 aromatic rings. The highest BCUT2D eigenvalue weighted by molar-refractivity contribution is 4.90. The van der Waals surface area contributed by atoms with Crippen molar-refractivity contribution in [2.45, 2.75) is 20.8 Å². The number of rotatable bonds is 3. The summed E-state index contributed by atoms with van der Waals surface area (Å²) in [6.45, 7) is 6.59. The molecule has 64 valence electrons. The molecule has 0 aliphatic rings. The largest absolute Gasteiger partial charge is 0.467 e. The first-order chi connectivity index (χ1) is 5.06. The van der Waals surface area contributed by atoms with Gasteiger partial charge in [0.1, 0.15) is 6.26 Å². The molecule has 0 aromatic heterocycles. The second kappa shape index (κ2) is 5.00. The lowest BCUT2D eigenvalue weighted by Crippen LogP contribution is -1.97. The molecule has 2 nitrogen and oxygen atoms in total. The number of methoxy groups -OCH3 is 1. The van der Waals surface area contributed by atoms with Crippen LogP contribution < -0.4 is 0 Å². The van der Waals surface area contributed by atoms with Crippen LogP contribution in [0.1, 0.15) is 20.8 Å². The minimum atomic E-state index is 0.160. The molecule has 0 atom stereocenters. The van der Waals surface area contributed by atoms with Crippen LogP contribution in [0.25, 0.3) is 0 Å². The summed E-state index contributed by atoms with van der Waals surface area (Å²) < 4.78 is 9.56. The van der Waals surface area contributed by atoms with Crippen molar-refractivity contribution in [1.82, 2.24) is 0 Å². The van der Waals surface area contributed by atoms with E-state index in [1.165, 1.54) is 6.26 Å². The summed E-state index contributed by atoms with van der Waals surface area (Å²) in [6.07, 6.45) is 3.46. The third-order valence-corrected chi connectivity index (χ3v) is 0.854. The molecule has 0 fully saturated rings. The Morgan fingerprint density at radius 3 is 2.45 bits per heavy atom. The monoisotopic (exact) mass is 156 g/mol. The van der Waals surface area contributed by atoms with Gasteiger partial charge in [-0.15, -0.1) is 0 Å². The van der Waals surface area contributed by atoms with Crippen LogP contribution in [0.2, 0.25) is 0 Å². The van der Waals surface area contributed by atoms with Gasteiger partial charge in [0, 0.05) is 7.11 Å². The quantitative estimate of drug-likeness (QED) is 0.270. The van der Waals surface area contributed by atoms with E-state index in [9.17, 15) is 0 Å². The van der Waals surface area contributed by atoms with Crippen LogP contribution in [-0.4, -0.2) is 13.9 Å². The predicted molar refractivity (Wildman–Crippen MR) is 45.1 cm³/mol. The lowest BCUT2D eigenvalue weighted by atomic mass is 9.97. The van der Waals surface area contributed by atoms with Crippen molar-refractivity contribution in [3.63, 3.8) is 0 Å². The van der Waals surface area contributed by atoms with Crippen LogP contribution in [0.3, 0.4) is 0 Å². The highest BCUT2D eigenvalue weighted by Gasteiger charge is 2.01. The van der Waals surface area contributed by atoms with E-state index >= 15 is 0 Å². The SMILES string of the molecule is COCOC=C=CC(C)(C)C. The van der Waals surface area contributed by atoms with Gasteiger partial charge in [-0.25, -0.2) is 0 Å². The summed E-state index contributed by atoms with van der Waals surface area (Å²) in [4.78, 5) is 0. The van der Waals surface area contributed by atoms with Gasteiger partial charge in [0.15, 0.2) is 6.79 Å². The van der Waals surface area contributed by atoms with Crippen molar-refractivity contribution < 1.29 is 9.47 Å². The summed E-state index contributed by atoms with van der Waals surface area (Å²) in [5.74, 6) is 0. The summed E-state index contributed by atoms with van der Waals surface area (Å²) in [6, 6.07) is 0. The summed E-state index contributed by atoms with van der Waals surface area (Å²) in [5, 5.41) is 0. The highest BCUT2D eigenvalue weighted by atomic mass is 16.7. The van der Waals surface area contributed by atoms with Gasteiger partial charge >= 0.3 is 0 Å². The Morgan fingerprint density at radius 2 is 2.00 bits per heavy atom. The molecular weight excluding hydrogens is 140 g/mol. The van der Waals surface area contributed by atoms with E-state index in [1.807, 2.05) is 6.08 Å². The summed E-state index contributed by atoms with van der Waals surface area (Å²) in [5.41, 5.74) is 3.07. The molecule has 0 rings (SSSR count). The Morgan fingerprint density at radius 1 is 1.36 bits per heavy atom. The lowest BCUT2D eigenvalue weighted by Gasteiger charge is -2.08. The smallest absolute Gasteiger partial charge is 0.188 e. The van der Waals surface area contributed by atoms with Crippen molar-refractivity contribution in [3.8, 4) is 0 Å². The zero-order valence-electron chi connectivity index (χ0n) is 7.68. The van der Waals surface area contributed by atoms with Crippen LogP contribution in [0.4, 0.5) is 0 Å². The van der Waals surface area contributed by atoms with Gasteiger partial charge in [-0.3, -0.25) is 0 Å². The maximum absolute atomic E-state index is 4.89. The second-order valence-electron chi connectivity index (χ2n) is 3.37. The van der Waals surface area contributed by atoms with E-state index in [2.05, 4.69) is 31.2 Å². The Kier molecular flexibility index (Phi) is 4.67. The van der Waals surface area contributed by atoms with Gasteiger partial charge in [-0.1, -0.05) is 26.5 Å². The first kappa shape index (κ1) is 10.3. The maximum atomic E-state index is 4.89. The van der Waals surface area contributed by atoms with Gasteiger partial charge in [-0.2, -0.15) is 0 Å². The number of hydrogen-bond donors (Lipinski definition) is 0. The summed E-state index contributed by atoms with van der Waals surface area (Å²) >= 11 is 0. The molecule has 0 saturated heterocycles. The molecule has 0 unspecified atom stereocenters. The number of hydrogen-bond acceptors (Lipinski definition) is 2. The van der Waals surface area contributed by atoms with Crippen LogP contribution in [0.15, 0.2) is 18.1 Å². The molecule has 0 bridgehead atoms. The fourth-order valence-electron chi connectivity index (χ4n) is 0.434. The van der Waals surface area contributed by atoms with E-state index in [4.69, 9.17) is 4.74 Å². The van der Waals surface area contributed by atoms with Crippen molar-refractivity contribution in [2.75, 3.05) is 13.9 Å². The zero-order valence-corrected chi connectivity index (χ0v) is 7.68. The lowest BCUT2D eigenvalue weighted by molar-refractivity contribution is 0.0201. The van der Waals surface area contributed by atoms with Crippen molar-refractivity contribution in [3.05, 3.63) is 18.1 Å². The average Bonchev–Trinajstić information content (AvgIpc) is 1.85. The molecule has 0 amide bonds. The highest BCUT2D eigenvalue weighted by Crippen LogP contribution is 2.12. The molecule has 11 heavy (non-hydrogen) atoms. The van der Waals surface area contributed by atoms with Crippen molar-refractivity contribution >= 4 is 0 Å². The number of ether oxygens (including phenoxy) is 2. The van der Waals surface area contributed by atoms with Gasteiger partial charge in [-0.05, 0) is 11.5 Å². The standard InChI is InChI=1S/C9H16O2/c1-9(2,3)6-5-7-11-8-10-4/h6-7H,8H2,1-4H3. The van der Waals surface area contributed by atoms with E-state index in [0.717, 1.165) is 0 Å². The average molecular weight is 156 g/mol. The van der Waals surface area contributed by atoms with Crippen LogP contribution in [0, 0.1) is 5.41 Å². The Bertz CT molecular complexity index is 147. The predicted octanol–water partition coefficient (Wildman–Crippen LogP) is 2.32. The van der Waals surface area contributed by atoms with Crippen molar-refractivity contribution in [2.24, 2.45) is 5.41 Å².